The van der Waals surface area contributed by atoms with E-state index in [9.17, 15) is 10.1 Å². The number of nitrogens with zero attached hydrogens (tertiary/aromatic N) is 2. The molecule has 0 saturated carbocycles. The molecule has 0 aromatic rings. The number of hydrogen-bond donors (Lipinski definition) is 0. The van der Waals surface area contributed by atoms with Gasteiger partial charge in [0.2, 0.25) is 5.91 Å². The van der Waals surface area contributed by atoms with Crippen LogP contribution in [0.15, 0.2) is 0 Å². The normalized spacial score (nSPS) is 27.9. The first-order valence-electron chi connectivity index (χ1n) is 7.38. The van der Waals surface area contributed by atoms with Gasteiger partial charge in [0, 0.05) is 33.4 Å². The first-order valence-corrected chi connectivity index (χ1v) is 7.38. The lowest BCUT2D eigenvalue weighted by Gasteiger charge is -2.45. The minimum Gasteiger partial charge on any atom is -0.382 e. The number of rotatable bonds is 3. The second-order valence-corrected chi connectivity index (χ2v) is 6.45. The fourth-order valence-electron chi connectivity index (χ4n) is 3.12. The second-order valence-electron chi connectivity index (χ2n) is 6.45. The summed E-state index contributed by atoms with van der Waals surface area (Å²) in [6.07, 6.45) is 0.780. The Hall–Kier alpha value is -1.16. The molecule has 0 N–H and O–H groups in total. The number of methoxy groups -OCH3 is 1. The largest absolute Gasteiger partial charge is 0.382 e. The lowest BCUT2D eigenvalue weighted by Crippen LogP contribution is -2.59. The summed E-state index contributed by atoms with van der Waals surface area (Å²) in [5.41, 5.74) is -1.37. The van der Waals surface area contributed by atoms with Crippen molar-refractivity contribution in [1.82, 2.24) is 4.90 Å². The molecule has 2 fully saturated rings. The molecule has 21 heavy (non-hydrogen) atoms. The van der Waals surface area contributed by atoms with Crippen LogP contribution in [0.1, 0.15) is 26.7 Å². The average Bonchev–Trinajstić information content (AvgIpc) is 2.46. The van der Waals surface area contributed by atoms with Gasteiger partial charge in [0.15, 0.2) is 0 Å². The second kappa shape index (κ2) is 6.30. The molecule has 1 unspecified atom stereocenters. The van der Waals surface area contributed by atoms with Gasteiger partial charge in [-0.2, -0.15) is 5.26 Å². The van der Waals surface area contributed by atoms with Gasteiger partial charge in [-0.3, -0.25) is 4.79 Å². The molecule has 6 heteroatoms. The van der Waals surface area contributed by atoms with E-state index in [1.165, 1.54) is 0 Å². The Bertz CT molecular complexity index is 424. The highest BCUT2D eigenvalue weighted by Gasteiger charge is 2.46. The Morgan fingerprint density at radius 2 is 2.10 bits per heavy atom. The van der Waals surface area contributed by atoms with Crippen LogP contribution in [0.25, 0.3) is 0 Å². The van der Waals surface area contributed by atoms with E-state index in [2.05, 4.69) is 6.07 Å². The molecule has 0 spiro atoms. The highest BCUT2D eigenvalue weighted by Crippen LogP contribution is 2.34. The minimum atomic E-state index is -0.941. The third-order valence-electron chi connectivity index (χ3n) is 4.09. The Balaban J connectivity index is 2.15. The van der Waals surface area contributed by atoms with Crippen LogP contribution in [-0.4, -0.2) is 62.5 Å². The quantitative estimate of drug-likeness (QED) is 0.775. The maximum atomic E-state index is 12.9. The van der Waals surface area contributed by atoms with Crippen LogP contribution in [0.2, 0.25) is 0 Å². The molecule has 0 radical (unpaired) electrons. The van der Waals surface area contributed by atoms with Crippen LogP contribution in [0, 0.1) is 16.7 Å². The molecule has 2 saturated heterocycles. The molecule has 0 aromatic carbocycles. The van der Waals surface area contributed by atoms with Crippen molar-refractivity contribution in [3.8, 4) is 6.07 Å². The van der Waals surface area contributed by atoms with E-state index in [0.29, 0.717) is 45.8 Å². The van der Waals surface area contributed by atoms with E-state index in [1.54, 1.807) is 12.0 Å². The fourth-order valence-corrected chi connectivity index (χ4v) is 3.12. The molecule has 2 aliphatic rings. The molecule has 1 amide bonds. The number of carbonyl (C=O) groups is 1. The highest BCUT2D eigenvalue weighted by molar-refractivity contribution is 5.85. The average molecular weight is 296 g/mol. The van der Waals surface area contributed by atoms with Gasteiger partial charge in [0.05, 0.1) is 24.4 Å². The molecule has 118 valence electrons. The standard InChI is InChI=1S/C15H24N2O4/c1-14(2)11-17(8-12(21-14)9-19-3)13(18)15(10-16)4-6-20-7-5-15/h12H,4-9,11H2,1-3H3. The third kappa shape index (κ3) is 3.54. The van der Waals surface area contributed by atoms with Crippen molar-refractivity contribution in [3.63, 3.8) is 0 Å². The van der Waals surface area contributed by atoms with E-state index in [4.69, 9.17) is 14.2 Å². The van der Waals surface area contributed by atoms with Crippen molar-refractivity contribution < 1.29 is 19.0 Å². The molecule has 0 aliphatic carbocycles. The predicted molar refractivity (Wildman–Crippen MR) is 75.5 cm³/mol. The summed E-state index contributed by atoms with van der Waals surface area (Å²) in [5, 5.41) is 9.53. The van der Waals surface area contributed by atoms with E-state index >= 15 is 0 Å². The molecule has 2 heterocycles. The minimum absolute atomic E-state index is 0.0919. The van der Waals surface area contributed by atoms with E-state index in [-0.39, 0.29) is 12.0 Å². The SMILES string of the molecule is COCC1CN(C(=O)C2(C#N)CCOCC2)CC(C)(C)O1. The molecule has 0 bridgehead atoms. The van der Waals surface area contributed by atoms with Gasteiger partial charge in [-0.15, -0.1) is 0 Å². The number of carbonyl (C=O) groups excluding carboxylic acids is 1. The van der Waals surface area contributed by atoms with Crippen molar-refractivity contribution in [2.45, 2.75) is 38.4 Å². The first-order chi connectivity index (χ1) is 9.92. The zero-order chi connectivity index (χ0) is 15.5. The van der Waals surface area contributed by atoms with Crippen molar-refractivity contribution >= 4 is 5.91 Å². The van der Waals surface area contributed by atoms with Gasteiger partial charge in [-0.05, 0) is 26.7 Å². The van der Waals surface area contributed by atoms with Crippen LogP contribution in [-0.2, 0) is 19.0 Å². The van der Waals surface area contributed by atoms with Gasteiger partial charge < -0.3 is 19.1 Å². The van der Waals surface area contributed by atoms with E-state index in [0.717, 1.165) is 0 Å². The van der Waals surface area contributed by atoms with Crippen LogP contribution in [0.5, 0.6) is 0 Å². The molecule has 2 rings (SSSR count). The predicted octanol–water partition coefficient (Wildman–Crippen LogP) is 0.959. The Morgan fingerprint density at radius 1 is 1.43 bits per heavy atom. The van der Waals surface area contributed by atoms with Gasteiger partial charge in [-0.1, -0.05) is 0 Å². The molecule has 6 nitrogen and oxygen atoms in total. The van der Waals surface area contributed by atoms with Gasteiger partial charge >= 0.3 is 0 Å². The van der Waals surface area contributed by atoms with Crippen molar-refractivity contribution in [3.05, 3.63) is 0 Å². The molecule has 0 aromatic heterocycles. The zero-order valence-electron chi connectivity index (χ0n) is 13.1. The van der Waals surface area contributed by atoms with Crippen LogP contribution >= 0.6 is 0 Å². The van der Waals surface area contributed by atoms with Crippen molar-refractivity contribution in [2.75, 3.05) is 40.0 Å². The summed E-state index contributed by atoms with van der Waals surface area (Å²) in [6, 6.07) is 2.25. The van der Waals surface area contributed by atoms with Crippen molar-refractivity contribution in [2.24, 2.45) is 5.41 Å². The van der Waals surface area contributed by atoms with Crippen LogP contribution in [0.3, 0.4) is 0 Å². The molecule has 1 atom stereocenters. The lowest BCUT2D eigenvalue weighted by molar-refractivity contribution is -0.176. The topological polar surface area (TPSA) is 71.8 Å². The number of nitriles is 1. The van der Waals surface area contributed by atoms with E-state index < -0.39 is 11.0 Å². The van der Waals surface area contributed by atoms with E-state index in [1.807, 2.05) is 13.8 Å². The Morgan fingerprint density at radius 3 is 2.67 bits per heavy atom. The number of amides is 1. The zero-order valence-corrected chi connectivity index (χ0v) is 13.1. The smallest absolute Gasteiger partial charge is 0.243 e. The van der Waals surface area contributed by atoms with Crippen LogP contribution in [0.4, 0.5) is 0 Å². The van der Waals surface area contributed by atoms with Gasteiger partial charge in [0.1, 0.15) is 5.41 Å². The van der Waals surface area contributed by atoms with Crippen molar-refractivity contribution in [1.29, 1.82) is 5.26 Å². The number of hydrogen-bond acceptors (Lipinski definition) is 5. The van der Waals surface area contributed by atoms with Crippen LogP contribution < -0.4 is 0 Å². The third-order valence-corrected chi connectivity index (χ3v) is 4.09. The highest BCUT2D eigenvalue weighted by atomic mass is 16.5. The Kier molecular flexibility index (Phi) is 4.87. The molecular formula is C15H24N2O4. The Labute approximate surface area is 125 Å². The maximum Gasteiger partial charge on any atom is 0.243 e. The summed E-state index contributed by atoms with van der Waals surface area (Å²) in [4.78, 5) is 14.7. The van der Waals surface area contributed by atoms with Gasteiger partial charge in [0.25, 0.3) is 0 Å². The lowest BCUT2D eigenvalue weighted by atomic mass is 9.80. The number of morpholine rings is 1. The molecule has 2 aliphatic heterocycles. The monoisotopic (exact) mass is 296 g/mol. The molecular weight excluding hydrogens is 272 g/mol. The summed E-state index contributed by atoms with van der Waals surface area (Å²) in [6.45, 7) is 6.26. The summed E-state index contributed by atoms with van der Waals surface area (Å²) >= 11 is 0. The fraction of sp³-hybridized carbons (Fsp3) is 0.867. The number of ether oxygens (including phenoxy) is 3. The van der Waals surface area contributed by atoms with Gasteiger partial charge in [-0.25, -0.2) is 0 Å². The first kappa shape index (κ1) is 16.2. The maximum absolute atomic E-state index is 12.9. The summed E-state index contributed by atoms with van der Waals surface area (Å²) < 4.78 is 16.4. The summed E-state index contributed by atoms with van der Waals surface area (Å²) in [7, 11) is 1.62. The summed E-state index contributed by atoms with van der Waals surface area (Å²) in [5.74, 6) is -0.0919.